The molecule has 6 nitrogen and oxygen atoms in total. The maximum atomic E-state index is 13.0. The van der Waals surface area contributed by atoms with E-state index in [2.05, 4.69) is 15.2 Å². The molecule has 24 heavy (non-hydrogen) atoms. The van der Waals surface area contributed by atoms with Crippen molar-refractivity contribution in [1.82, 2.24) is 24.8 Å². The van der Waals surface area contributed by atoms with Crippen LogP contribution in [0.2, 0.25) is 0 Å². The van der Waals surface area contributed by atoms with Gasteiger partial charge >= 0.3 is 0 Å². The summed E-state index contributed by atoms with van der Waals surface area (Å²) >= 11 is 0. The van der Waals surface area contributed by atoms with Crippen molar-refractivity contribution >= 4 is 5.91 Å². The molecule has 1 amide bonds. The maximum Gasteiger partial charge on any atom is 0.276 e. The zero-order valence-electron chi connectivity index (χ0n) is 13.4. The summed E-state index contributed by atoms with van der Waals surface area (Å²) in [4.78, 5) is 17.2. The van der Waals surface area contributed by atoms with Crippen molar-refractivity contribution in [2.45, 2.75) is 25.3 Å². The highest BCUT2D eigenvalue weighted by molar-refractivity contribution is 5.92. The fraction of sp³-hybridized carbons (Fsp3) is 0.471. The second-order valence-electron chi connectivity index (χ2n) is 6.46. The third-order valence-electron chi connectivity index (χ3n) is 4.89. The van der Waals surface area contributed by atoms with Gasteiger partial charge in [0.2, 0.25) is 0 Å². The number of fused-ring (bicyclic) bond motifs is 1. The van der Waals surface area contributed by atoms with Gasteiger partial charge in [-0.3, -0.25) is 9.69 Å². The number of carbonyl (C=O) groups is 1. The third kappa shape index (κ3) is 2.91. The van der Waals surface area contributed by atoms with Crippen LogP contribution < -0.4 is 0 Å². The monoisotopic (exact) mass is 329 g/mol. The number of amides is 1. The standard InChI is InChI=1S/C17H20FN5O/c18-13-4-6-14(7-5-13)23-12-16(19-20-23)17(24)22-10-2-9-21-8-1-3-15(21)11-22/h4-7,12,15H,1-3,8-11H2/t15-/m1/s1. The maximum absolute atomic E-state index is 13.0. The lowest BCUT2D eigenvalue weighted by atomic mass is 10.2. The van der Waals surface area contributed by atoms with E-state index in [1.807, 2.05) is 4.90 Å². The molecule has 1 aromatic heterocycles. The minimum Gasteiger partial charge on any atom is -0.336 e. The molecular formula is C17H20FN5O. The fourth-order valence-corrected chi connectivity index (χ4v) is 3.63. The van der Waals surface area contributed by atoms with E-state index in [1.165, 1.54) is 23.2 Å². The van der Waals surface area contributed by atoms with Gasteiger partial charge in [0.05, 0.1) is 11.9 Å². The average molecular weight is 329 g/mol. The van der Waals surface area contributed by atoms with Gasteiger partial charge in [0.1, 0.15) is 5.82 Å². The molecular weight excluding hydrogens is 309 g/mol. The molecule has 1 aromatic carbocycles. The summed E-state index contributed by atoms with van der Waals surface area (Å²) in [6, 6.07) is 6.43. The van der Waals surface area contributed by atoms with Crippen molar-refractivity contribution in [3.05, 3.63) is 42.0 Å². The summed E-state index contributed by atoms with van der Waals surface area (Å²) in [5, 5.41) is 8.03. The number of hydrogen-bond donors (Lipinski definition) is 0. The SMILES string of the molecule is O=C(c1cn(-c2ccc(F)cc2)nn1)N1CCCN2CCC[C@@H]2C1. The average Bonchev–Trinajstić information content (AvgIpc) is 3.20. The van der Waals surface area contributed by atoms with Crippen LogP contribution in [0, 0.1) is 5.82 Å². The van der Waals surface area contributed by atoms with Crippen LogP contribution in [0.5, 0.6) is 0 Å². The van der Waals surface area contributed by atoms with Gasteiger partial charge in [-0.1, -0.05) is 5.21 Å². The Morgan fingerprint density at radius 3 is 2.75 bits per heavy atom. The predicted molar refractivity (Wildman–Crippen MR) is 86.4 cm³/mol. The predicted octanol–water partition coefficient (Wildman–Crippen LogP) is 1.72. The number of carbonyl (C=O) groups excluding carboxylic acids is 1. The minimum atomic E-state index is -0.305. The van der Waals surface area contributed by atoms with E-state index in [0.29, 0.717) is 17.4 Å². The Balaban J connectivity index is 1.51. The largest absolute Gasteiger partial charge is 0.336 e. The highest BCUT2D eigenvalue weighted by atomic mass is 19.1. The highest BCUT2D eigenvalue weighted by Gasteiger charge is 2.31. The molecule has 126 valence electrons. The Hall–Kier alpha value is -2.28. The van der Waals surface area contributed by atoms with Gasteiger partial charge in [0, 0.05) is 25.7 Å². The van der Waals surface area contributed by atoms with Crippen molar-refractivity contribution in [1.29, 1.82) is 0 Å². The van der Waals surface area contributed by atoms with E-state index in [4.69, 9.17) is 0 Å². The minimum absolute atomic E-state index is 0.0721. The molecule has 0 unspecified atom stereocenters. The van der Waals surface area contributed by atoms with Crippen LogP contribution in [-0.2, 0) is 0 Å². The summed E-state index contributed by atoms with van der Waals surface area (Å²) in [6.07, 6.45) is 4.99. The van der Waals surface area contributed by atoms with Gasteiger partial charge in [-0.25, -0.2) is 9.07 Å². The molecule has 4 rings (SSSR count). The molecule has 0 bridgehead atoms. The summed E-state index contributed by atoms with van der Waals surface area (Å²) in [7, 11) is 0. The number of hydrogen-bond acceptors (Lipinski definition) is 4. The lowest BCUT2D eigenvalue weighted by Crippen LogP contribution is -2.39. The van der Waals surface area contributed by atoms with E-state index >= 15 is 0 Å². The molecule has 2 aliphatic heterocycles. The van der Waals surface area contributed by atoms with Crippen molar-refractivity contribution in [3.8, 4) is 5.69 Å². The quantitative estimate of drug-likeness (QED) is 0.842. The Morgan fingerprint density at radius 1 is 1.12 bits per heavy atom. The smallest absolute Gasteiger partial charge is 0.276 e. The second kappa shape index (κ2) is 6.32. The van der Waals surface area contributed by atoms with Crippen LogP contribution >= 0.6 is 0 Å². The number of benzene rings is 1. The number of halogens is 1. The summed E-state index contributed by atoms with van der Waals surface area (Å²) in [5.74, 6) is -0.377. The Morgan fingerprint density at radius 2 is 1.92 bits per heavy atom. The van der Waals surface area contributed by atoms with Gasteiger partial charge in [-0.15, -0.1) is 5.10 Å². The van der Waals surface area contributed by atoms with Crippen LogP contribution in [0.15, 0.2) is 30.5 Å². The molecule has 2 aromatic rings. The fourth-order valence-electron chi connectivity index (χ4n) is 3.63. The van der Waals surface area contributed by atoms with Crippen LogP contribution in [0.3, 0.4) is 0 Å². The number of nitrogens with zero attached hydrogens (tertiary/aromatic N) is 5. The first kappa shape index (κ1) is 15.3. The molecule has 7 heteroatoms. The highest BCUT2D eigenvalue weighted by Crippen LogP contribution is 2.22. The summed E-state index contributed by atoms with van der Waals surface area (Å²) in [6.45, 7) is 3.74. The Labute approximate surface area is 139 Å². The van der Waals surface area contributed by atoms with Crippen molar-refractivity contribution in [2.75, 3.05) is 26.2 Å². The lowest BCUT2D eigenvalue weighted by Gasteiger charge is -2.25. The van der Waals surface area contributed by atoms with Crippen molar-refractivity contribution in [2.24, 2.45) is 0 Å². The van der Waals surface area contributed by atoms with Crippen LogP contribution in [0.1, 0.15) is 29.8 Å². The molecule has 2 aliphatic rings. The zero-order chi connectivity index (χ0) is 16.5. The van der Waals surface area contributed by atoms with Gasteiger partial charge in [0.15, 0.2) is 5.69 Å². The molecule has 1 atom stereocenters. The first-order valence-corrected chi connectivity index (χ1v) is 8.42. The number of aromatic nitrogens is 3. The molecule has 3 heterocycles. The lowest BCUT2D eigenvalue weighted by molar-refractivity contribution is 0.0737. The summed E-state index contributed by atoms with van der Waals surface area (Å²) in [5.41, 5.74) is 1.02. The molecule has 0 saturated carbocycles. The molecule has 2 fully saturated rings. The van der Waals surface area contributed by atoms with Gasteiger partial charge < -0.3 is 4.90 Å². The topological polar surface area (TPSA) is 54.3 Å². The van der Waals surface area contributed by atoms with Gasteiger partial charge in [-0.05, 0) is 50.1 Å². The van der Waals surface area contributed by atoms with E-state index in [1.54, 1.807) is 18.3 Å². The normalized spacial score (nSPS) is 21.5. The second-order valence-corrected chi connectivity index (χ2v) is 6.46. The molecule has 0 spiro atoms. The molecule has 0 N–H and O–H groups in total. The van der Waals surface area contributed by atoms with Crippen LogP contribution in [0.25, 0.3) is 5.69 Å². The first-order chi connectivity index (χ1) is 11.7. The van der Waals surface area contributed by atoms with E-state index < -0.39 is 0 Å². The van der Waals surface area contributed by atoms with Crippen LogP contribution in [-0.4, -0.2) is 62.9 Å². The summed E-state index contributed by atoms with van der Waals surface area (Å²) < 4.78 is 14.5. The first-order valence-electron chi connectivity index (χ1n) is 8.42. The molecule has 0 aliphatic carbocycles. The van der Waals surface area contributed by atoms with Crippen molar-refractivity contribution < 1.29 is 9.18 Å². The molecule has 0 radical (unpaired) electrons. The third-order valence-corrected chi connectivity index (χ3v) is 4.89. The van der Waals surface area contributed by atoms with Gasteiger partial charge in [0.25, 0.3) is 5.91 Å². The van der Waals surface area contributed by atoms with E-state index in [9.17, 15) is 9.18 Å². The van der Waals surface area contributed by atoms with Crippen molar-refractivity contribution in [3.63, 3.8) is 0 Å². The van der Waals surface area contributed by atoms with Crippen LogP contribution in [0.4, 0.5) is 4.39 Å². The van der Waals surface area contributed by atoms with Gasteiger partial charge in [-0.2, -0.15) is 0 Å². The zero-order valence-corrected chi connectivity index (χ0v) is 13.4. The number of rotatable bonds is 2. The van der Waals surface area contributed by atoms with E-state index in [0.717, 1.165) is 39.0 Å². The molecule has 2 saturated heterocycles. The Bertz CT molecular complexity index is 729. The van der Waals surface area contributed by atoms with E-state index in [-0.39, 0.29) is 11.7 Å². The Kier molecular flexibility index (Phi) is 4.02.